The van der Waals surface area contributed by atoms with Crippen LogP contribution >= 0.6 is 0 Å². The smallest absolute Gasteiger partial charge is 0.396 e. The maximum absolute atomic E-state index is 12.9. The number of hydrogen-bond acceptors (Lipinski definition) is 3. The number of nitrogens with zero attached hydrogens (tertiary/aromatic N) is 2. The zero-order valence-electron chi connectivity index (χ0n) is 10.5. The number of nitrogens with two attached hydrogens (primary N) is 1. The van der Waals surface area contributed by atoms with Crippen molar-refractivity contribution in [3.8, 4) is 0 Å². The molecule has 1 amide bonds. The van der Waals surface area contributed by atoms with Crippen molar-refractivity contribution in [1.82, 2.24) is 9.78 Å². The van der Waals surface area contributed by atoms with Gasteiger partial charge >= 0.3 is 6.18 Å². The molecule has 1 aromatic carbocycles. The number of halogens is 4. The first kappa shape index (κ1) is 14.8. The lowest BCUT2D eigenvalue weighted by Gasteiger charge is -2.06. The van der Waals surface area contributed by atoms with Crippen molar-refractivity contribution < 1.29 is 22.4 Å². The van der Waals surface area contributed by atoms with Crippen LogP contribution in [0.15, 0.2) is 30.6 Å². The van der Waals surface area contributed by atoms with E-state index >= 15 is 0 Å². The van der Waals surface area contributed by atoms with Crippen LogP contribution in [0.1, 0.15) is 5.56 Å². The molecule has 0 saturated heterocycles. The second kappa shape index (κ2) is 5.43. The van der Waals surface area contributed by atoms with Gasteiger partial charge in [0.2, 0.25) is 5.91 Å². The van der Waals surface area contributed by atoms with Crippen LogP contribution in [0, 0.1) is 5.82 Å². The topological polar surface area (TPSA) is 72.9 Å². The summed E-state index contributed by atoms with van der Waals surface area (Å²) in [6, 6.07) is 3.56. The molecule has 9 heteroatoms. The Morgan fingerprint density at radius 3 is 2.67 bits per heavy atom. The zero-order valence-corrected chi connectivity index (χ0v) is 10.5. The van der Waals surface area contributed by atoms with E-state index in [-0.39, 0.29) is 11.4 Å². The van der Waals surface area contributed by atoms with Gasteiger partial charge in [0.15, 0.2) is 0 Å². The number of rotatable bonds is 3. The fourth-order valence-electron chi connectivity index (χ4n) is 1.57. The van der Waals surface area contributed by atoms with Crippen LogP contribution in [0.2, 0.25) is 0 Å². The fraction of sp³-hybridized carbons (Fsp3) is 0.167. The second-order valence-electron chi connectivity index (χ2n) is 4.21. The number of anilines is 2. The number of hydrogen-bond donors (Lipinski definition) is 2. The molecule has 0 bridgehead atoms. The van der Waals surface area contributed by atoms with E-state index in [0.717, 1.165) is 16.9 Å². The van der Waals surface area contributed by atoms with E-state index in [2.05, 4.69) is 10.4 Å². The molecule has 2 aromatic rings. The highest BCUT2D eigenvalue weighted by Crippen LogP contribution is 2.28. The third-order valence-electron chi connectivity index (χ3n) is 2.55. The highest BCUT2D eigenvalue weighted by molar-refractivity contribution is 5.90. The molecule has 112 valence electrons. The molecule has 0 spiro atoms. The van der Waals surface area contributed by atoms with Gasteiger partial charge in [-0.25, -0.2) is 4.39 Å². The molecule has 0 radical (unpaired) electrons. The Hall–Kier alpha value is -2.58. The minimum Gasteiger partial charge on any atom is -0.396 e. The highest BCUT2D eigenvalue weighted by atomic mass is 19.4. The van der Waals surface area contributed by atoms with Crippen LogP contribution in [-0.4, -0.2) is 15.7 Å². The molecule has 0 fully saturated rings. The molecule has 0 aliphatic rings. The van der Waals surface area contributed by atoms with E-state index in [0.29, 0.717) is 6.20 Å². The highest BCUT2D eigenvalue weighted by Gasteiger charge is 2.32. The second-order valence-corrected chi connectivity index (χ2v) is 4.21. The molecule has 21 heavy (non-hydrogen) atoms. The number of amides is 1. The standard InChI is InChI=1S/C12H10F4N4O/c13-9-2-1-8(3-10(9)17)19-11(21)6-20-5-7(4-18-20)12(14,15)16/h1-5H,6,17H2,(H,19,21). The predicted octanol–water partition coefficient (Wildman–Crippen LogP) is 2.26. The Morgan fingerprint density at radius 2 is 2.10 bits per heavy atom. The molecule has 5 nitrogen and oxygen atoms in total. The Morgan fingerprint density at radius 1 is 1.38 bits per heavy atom. The predicted molar refractivity (Wildman–Crippen MR) is 66.7 cm³/mol. The summed E-state index contributed by atoms with van der Waals surface area (Å²) in [4.78, 5) is 11.6. The van der Waals surface area contributed by atoms with E-state index in [1.807, 2.05) is 0 Å². The van der Waals surface area contributed by atoms with E-state index in [4.69, 9.17) is 5.73 Å². The molecule has 1 aromatic heterocycles. The van der Waals surface area contributed by atoms with Gasteiger partial charge in [-0.2, -0.15) is 18.3 Å². The molecule has 0 unspecified atom stereocenters. The van der Waals surface area contributed by atoms with E-state index in [9.17, 15) is 22.4 Å². The molecular weight excluding hydrogens is 292 g/mol. The largest absolute Gasteiger partial charge is 0.419 e. The van der Waals surface area contributed by atoms with Gasteiger partial charge in [-0.05, 0) is 18.2 Å². The van der Waals surface area contributed by atoms with Crippen molar-refractivity contribution in [2.24, 2.45) is 0 Å². The Kier molecular flexibility index (Phi) is 3.83. The molecule has 0 saturated carbocycles. The maximum Gasteiger partial charge on any atom is 0.419 e. The Balaban J connectivity index is 2.01. The molecule has 0 atom stereocenters. The van der Waals surface area contributed by atoms with Crippen molar-refractivity contribution >= 4 is 17.3 Å². The molecule has 1 heterocycles. The van der Waals surface area contributed by atoms with Gasteiger partial charge in [0.25, 0.3) is 0 Å². The van der Waals surface area contributed by atoms with Crippen LogP contribution in [0.25, 0.3) is 0 Å². The van der Waals surface area contributed by atoms with Crippen LogP contribution in [0.4, 0.5) is 28.9 Å². The minimum atomic E-state index is -4.51. The number of benzene rings is 1. The van der Waals surface area contributed by atoms with Crippen LogP contribution in [-0.2, 0) is 17.5 Å². The normalized spacial score (nSPS) is 11.4. The van der Waals surface area contributed by atoms with E-state index in [1.54, 1.807) is 0 Å². The fourth-order valence-corrected chi connectivity index (χ4v) is 1.57. The summed E-state index contributed by atoms with van der Waals surface area (Å²) in [6.45, 7) is -0.409. The maximum atomic E-state index is 12.9. The molecule has 0 aliphatic carbocycles. The molecule has 2 rings (SSSR count). The van der Waals surface area contributed by atoms with E-state index in [1.165, 1.54) is 12.1 Å². The number of carbonyl (C=O) groups is 1. The minimum absolute atomic E-state index is 0.147. The number of aromatic nitrogens is 2. The summed E-state index contributed by atoms with van der Waals surface area (Å²) < 4.78 is 50.9. The number of nitrogens with one attached hydrogen (secondary N) is 1. The Bertz CT molecular complexity index is 666. The van der Waals surface area contributed by atoms with Crippen molar-refractivity contribution in [3.05, 3.63) is 42.0 Å². The summed E-state index contributed by atoms with van der Waals surface area (Å²) >= 11 is 0. The van der Waals surface area contributed by atoms with E-state index < -0.39 is 30.0 Å². The third kappa shape index (κ3) is 3.71. The van der Waals surface area contributed by atoms with Crippen LogP contribution in [0.3, 0.4) is 0 Å². The summed E-state index contributed by atoms with van der Waals surface area (Å²) in [7, 11) is 0. The van der Waals surface area contributed by atoms with Gasteiger partial charge < -0.3 is 11.1 Å². The van der Waals surface area contributed by atoms with Gasteiger partial charge in [-0.15, -0.1) is 0 Å². The van der Waals surface area contributed by atoms with Gasteiger partial charge in [0.1, 0.15) is 12.4 Å². The van der Waals surface area contributed by atoms with Gasteiger partial charge in [-0.1, -0.05) is 0 Å². The number of nitrogen functional groups attached to an aromatic ring is 1. The van der Waals surface area contributed by atoms with Crippen molar-refractivity contribution in [2.45, 2.75) is 12.7 Å². The molecule has 0 aliphatic heterocycles. The average molecular weight is 302 g/mol. The van der Waals surface area contributed by atoms with Gasteiger partial charge in [0, 0.05) is 11.9 Å². The van der Waals surface area contributed by atoms with Crippen molar-refractivity contribution in [1.29, 1.82) is 0 Å². The van der Waals surface area contributed by atoms with Gasteiger partial charge in [-0.3, -0.25) is 9.48 Å². The first-order chi connectivity index (χ1) is 9.75. The summed E-state index contributed by atoms with van der Waals surface area (Å²) in [5, 5.41) is 5.83. The van der Waals surface area contributed by atoms with Gasteiger partial charge in [0.05, 0.1) is 17.4 Å². The van der Waals surface area contributed by atoms with Crippen LogP contribution < -0.4 is 11.1 Å². The van der Waals surface area contributed by atoms with Crippen molar-refractivity contribution in [3.63, 3.8) is 0 Å². The quantitative estimate of drug-likeness (QED) is 0.675. The summed E-state index contributed by atoms with van der Waals surface area (Å²) in [5.74, 6) is -1.24. The first-order valence-electron chi connectivity index (χ1n) is 5.70. The molecular formula is C12H10F4N4O. The zero-order chi connectivity index (χ0) is 15.6. The summed E-state index contributed by atoms with van der Waals surface area (Å²) in [6.07, 6.45) is -3.16. The monoisotopic (exact) mass is 302 g/mol. The Labute approximate surface area is 116 Å². The van der Waals surface area contributed by atoms with Crippen LogP contribution in [0.5, 0.6) is 0 Å². The lowest BCUT2D eigenvalue weighted by atomic mass is 10.2. The number of alkyl halides is 3. The lowest BCUT2D eigenvalue weighted by molar-refractivity contribution is -0.137. The SMILES string of the molecule is Nc1cc(NC(=O)Cn2cc(C(F)(F)F)cn2)ccc1F. The molecule has 3 N–H and O–H groups in total. The lowest BCUT2D eigenvalue weighted by Crippen LogP contribution is -2.19. The summed E-state index contributed by atoms with van der Waals surface area (Å²) in [5.41, 5.74) is 4.48. The average Bonchev–Trinajstić information content (AvgIpc) is 2.82. The third-order valence-corrected chi connectivity index (χ3v) is 2.55. The van der Waals surface area contributed by atoms with Crippen molar-refractivity contribution in [2.75, 3.05) is 11.1 Å². The number of carbonyl (C=O) groups excluding carboxylic acids is 1. The first-order valence-corrected chi connectivity index (χ1v) is 5.70.